The van der Waals surface area contributed by atoms with Gasteiger partial charge in [-0.05, 0) is 55.0 Å². The third-order valence-electron chi connectivity index (χ3n) is 5.03. The van der Waals surface area contributed by atoms with Gasteiger partial charge in [-0.3, -0.25) is 4.79 Å². The molecule has 1 atom stereocenters. The van der Waals surface area contributed by atoms with E-state index < -0.39 is 9.84 Å². The van der Waals surface area contributed by atoms with Crippen molar-refractivity contribution in [1.29, 1.82) is 0 Å². The standard InChI is InChI=1S/C24H23NO5S2/c1-29-21-7-3-4-8-22(21)30-18-12-10-17(11-13-18)25-24(26)20-6-2-5-9-23(20)31-19-14-15-32(27,28)16-19/h2-13,19H,14-16H2,1H3,(H,25,26). The van der Waals surface area contributed by atoms with Gasteiger partial charge in [-0.15, -0.1) is 11.8 Å². The Morgan fingerprint density at radius 1 is 0.969 bits per heavy atom. The van der Waals surface area contributed by atoms with E-state index in [1.54, 1.807) is 43.5 Å². The fraction of sp³-hybridized carbons (Fsp3) is 0.208. The van der Waals surface area contributed by atoms with Gasteiger partial charge in [0.1, 0.15) is 5.75 Å². The molecule has 166 valence electrons. The van der Waals surface area contributed by atoms with Gasteiger partial charge in [0.25, 0.3) is 5.91 Å². The maximum atomic E-state index is 12.9. The van der Waals surface area contributed by atoms with Gasteiger partial charge in [-0.1, -0.05) is 24.3 Å². The van der Waals surface area contributed by atoms with Crippen LogP contribution in [0.5, 0.6) is 17.2 Å². The zero-order valence-electron chi connectivity index (χ0n) is 17.5. The lowest BCUT2D eigenvalue weighted by atomic mass is 10.2. The zero-order chi connectivity index (χ0) is 22.6. The van der Waals surface area contributed by atoms with Gasteiger partial charge in [-0.25, -0.2) is 8.42 Å². The van der Waals surface area contributed by atoms with Crippen molar-refractivity contribution in [1.82, 2.24) is 0 Å². The summed E-state index contributed by atoms with van der Waals surface area (Å²) in [6.45, 7) is 0. The van der Waals surface area contributed by atoms with Crippen LogP contribution in [0.15, 0.2) is 77.7 Å². The molecule has 0 spiro atoms. The van der Waals surface area contributed by atoms with Crippen molar-refractivity contribution in [2.24, 2.45) is 0 Å². The van der Waals surface area contributed by atoms with E-state index in [1.165, 1.54) is 11.8 Å². The van der Waals surface area contributed by atoms with Crippen molar-refractivity contribution >= 4 is 33.2 Å². The number of nitrogens with one attached hydrogen (secondary N) is 1. The Balaban J connectivity index is 1.43. The first-order valence-corrected chi connectivity index (χ1v) is 12.8. The minimum atomic E-state index is -2.97. The number of carbonyl (C=O) groups is 1. The average molecular weight is 470 g/mol. The molecule has 3 aromatic carbocycles. The highest BCUT2D eigenvalue weighted by Crippen LogP contribution is 2.34. The largest absolute Gasteiger partial charge is 0.493 e. The minimum Gasteiger partial charge on any atom is -0.493 e. The fourth-order valence-electron chi connectivity index (χ4n) is 3.43. The van der Waals surface area contributed by atoms with Crippen LogP contribution in [-0.2, 0) is 9.84 Å². The topological polar surface area (TPSA) is 81.7 Å². The molecule has 4 rings (SSSR count). The summed E-state index contributed by atoms with van der Waals surface area (Å²) >= 11 is 1.45. The van der Waals surface area contributed by atoms with E-state index in [9.17, 15) is 13.2 Å². The SMILES string of the molecule is COc1ccccc1Oc1ccc(NC(=O)c2ccccc2SC2CCS(=O)(=O)C2)cc1. The van der Waals surface area contributed by atoms with Crippen molar-refractivity contribution in [3.05, 3.63) is 78.4 Å². The average Bonchev–Trinajstić information content (AvgIpc) is 3.14. The van der Waals surface area contributed by atoms with Crippen molar-refractivity contribution in [2.75, 3.05) is 23.9 Å². The molecule has 0 aromatic heterocycles. The van der Waals surface area contributed by atoms with E-state index in [2.05, 4.69) is 5.32 Å². The Labute approximate surface area is 191 Å². The number of para-hydroxylation sites is 2. The van der Waals surface area contributed by atoms with Crippen LogP contribution >= 0.6 is 11.8 Å². The van der Waals surface area contributed by atoms with Gasteiger partial charge >= 0.3 is 0 Å². The highest BCUT2D eigenvalue weighted by molar-refractivity contribution is 8.02. The van der Waals surface area contributed by atoms with E-state index in [0.717, 1.165) is 4.90 Å². The Kier molecular flexibility index (Phi) is 6.72. The maximum Gasteiger partial charge on any atom is 0.256 e. The normalized spacial score (nSPS) is 17.0. The highest BCUT2D eigenvalue weighted by Gasteiger charge is 2.29. The first kappa shape index (κ1) is 22.2. The van der Waals surface area contributed by atoms with E-state index in [1.807, 2.05) is 36.4 Å². The molecule has 1 amide bonds. The second-order valence-corrected chi connectivity index (χ2v) is 10.9. The third-order valence-corrected chi connectivity index (χ3v) is 8.35. The lowest BCUT2D eigenvalue weighted by molar-refractivity contribution is 0.102. The van der Waals surface area contributed by atoms with Gasteiger partial charge < -0.3 is 14.8 Å². The van der Waals surface area contributed by atoms with E-state index in [4.69, 9.17) is 9.47 Å². The lowest BCUT2D eigenvalue weighted by Crippen LogP contribution is -2.14. The zero-order valence-corrected chi connectivity index (χ0v) is 19.1. The van der Waals surface area contributed by atoms with Crippen LogP contribution in [-0.4, -0.2) is 38.2 Å². The van der Waals surface area contributed by atoms with Crippen molar-refractivity contribution in [2.45, 2.75) is 16.6 Å². The van der Waals surface area contributed by atoms with Crippen LogP contribution in [0.4, 0.5) is 5.69 Å². The Morgan fingerprint density at radius 2 is 1.66 bits per heavy atom. The summed E-state index contributed by atoms with van der Waals surface area (Å²) < 4.78 is 34.7. The minimum absolute atomic E-state index is 0.0274. The maximum absolute atomic E-state index is 12.9. The predicted octanol–water partition coefficient (Wildman–Crippen LogP) is 5.02. The molecule has 1 aliphatic rings. The summed E-state index contributed by atoms with van der Waals surface area (Å²) in [5.41, 5.74) is 1.15. The van der Waals surface area contributed by atoms with Gasteiger partial charge in [0, 0.05) is 15.8 Å². The van der Waals surface area contributed by atoms with Crippen LogP contribution in [0.2, 0.25) is 0 Å². The Bertz CT molecular complexity index is 1210. The molecule has 1 aliphatic heterocycles. The van der Waals surface area contributed by atoms with Crippen LogP contribution < -0.4 is 14.8 Å². The molecule has 0 bridgehead atoms. The Hall–Kier alpha value is -2.97. The molecular formula is C24H23NO5S2. The molecule has 0 radical (unpaired) electrons. The summed E-state index contributed by atoms with van der Waals surface area (Å²) in [5, 5.41) is 2.88. The first-order valence-electron chi connectivity index (χ1n) is 10.1. The number of ether oxygens (including phenoxy) is 2. The summed E-state index contributed by atoms with van der Waals surface area (Å²) in [4.78, 5) is 13.7. The number of benzene rings is 3. The van der Waals surface area contributed by atoms with Crippen LogP contribution in [0.3, 0.4) is 0 Å². The summed E-state index contributed by atoms with van der Waals surface area (Å²) in [6.07, 6.45) is 0.608. The predicted molar refractivity (Wildman–Crippen MR) is 127 cm³/mol. The van der Waals surface area contributed by atoms with E-state index in [0.29, 0.717) is 34.9 Å². The van der Waals surface area contributed by atoms with Crippen LogP contribution in [0.25, 0.3) is 0 Å². The first-order chi connectivity index (χ1) is 15.4. The summed E-state index contributed by atoms with van der Waals surface area (Å²) in [6, 6.07) is 21.7. The number of anilines is 1. The Morgan fingerprint density at radius 3 is 2.34 bits per heavy atom. The van der Waals surface area contributed by atoms with Gasteiger partial charge in [-0.2, -0.15) is 0 Å². The molecule has 0 saturated carbocycles. The van der Waals surface area contributed by atoms with Gasteiger partial charge in [0.15, 0.2) is 21.3 Å². The number of amides is 1. The number of hydrogen-bond donors (Lipinski definition) is 1. The molecule has 1 saturated heterocycles. The van der Waals surface area contributed by atoms with Crippen molar-refractivity contribution in [3.63, 3.8) is 0 Å². The molecule has 0 aliphatic carbocycles. The van der Waals surface area contributed by atoms with Crippen LogP contribution in [0, 0.1) is 0 Å². The fourth-order valence-corrected chi connectivity index (χ4v) is 7.05. The van der Waals surface area contributed by atoms with Crippen LogP contribution in [0.1, 0.15) is 16.8 Å². The third kappa shape index (κ3) is 5.44. The molecule has 3 aromatic rings. The smallest absolute Gasteiger partial charge is 0.256 e. The number of sulfone groups is 1. The number of carbonyl (C=O) groups excluding carboxylic acids is 1. The molecule has 32 heavy (non-hydrogen) atoms. The van der Waals surface area contributed by atoms with Crippen molar-refractivity contribution < 1.29 is 22.7 Å². The van der Waals surface area contributed by atoms with Gasteiger partial charge in [0.05, 0.1) is 24.2 Å². The number of methoxy groups -OCH3 is 1. The summed E-state index contributed by atoms with van der Waals surface area (Å²) in [7, 11) is -1.38. The molecule has 6 nitrogen and oxygen atoms in total. The second kappa shape index (κ2) is 9.67. The summed E-state index contributed by atoms with van der Waals surface area (Å²) in [5.74, 6) is 1.97. The molecular weight excluding hydrogens is 446 g/mol. The molecule has 1 unspecified atom stereocenters. The monoisotopic (exact) mass is 469 g/mol. The molecule has 1 N–H and O–H groups in total. The molecule has 1 heterocycles. The molecule has 1 fully saturated rings. The molecule has 8 heteroatoms. The van der Waals surface area contributed by atoms with Crippen molar-refractivity contribution in [3.8, 4) is 17.2 Å². The number of thioether (sulfide) groups is 1. The number of rotatable bonds is 7. The second-order valence-electron chi connectivity index (χ2n) is 7.37. The quantitative estimate of drug-likeness (QED) is 0.523. The lowest BCUT2D eigenvalue weighted by Gasteiger charge is -2.13. The van der Waals surface area contributed by atoms with E-state index in [-0.39, 0.29) is 22.7 Å². The van der Waals surface area contributed by atoms with Gasteiger partial charge in [0.2, 0.25) is 0 Å². The highest BCUT2D eigenvalue weighted by atomic mass is 32.2. The van der Waals surface area contributed by atoms with E-state index >= 15 is 0 Å². The number of hydrogen-bond acceptors (Lipinski definition) is 6.